The zero-order valence-corrected chi connectivity index (χ0v) is 12.5. The van der Waals surface area contributed by atoms with E-state index in [2.05, 4.69) is 0 Å². The third-order valence-electron chi connectivity index (χ3n) is 3.58. The molecule has 22 heavy (non-hydrogen) atoms. The lowest BCUT2D eigenvalue weighted by Crippen LogP contribution is -2.40. The number of aliphatic carboxylic acids is 1. The Morgan fingerprint density at radius 2 is 2.18 bits per heavy atom. The average molecular weight is 326 g/mol. The number of benzene rings is 1. The van der Waals surface area contributed by atoms with Crippen LogP contribution in [-0.4, -0.2) is 36.9 Å². The third-order valence-corrected chi connectivity index (χ3v) is 5.43. The Bertz CT molecular complexity index is 727. The molecule has 2 rings (SSSR count). The van der Waals surface area contributed by atoms with E-state index in [9.17, 15) is 17.6 Å². The van der Waals surface area contributed by atoms with Crippen LogP contribution in [0.15, 0.2) is 23.1 Å². The van der Waals surface area contributed by atoms with Crippen molar-refractivity contribution in [1.29, 1.82) is 5.26 Å². The summed E-state index contributed by atoms with van der Waals surface area (Å²) in [5.41, 5.74) is -0.0716. The van der Waals surface area contributed by atoms with Gasteiger partial charge in [-0.25, -0.2) is 12.8 Å². The molecule has 1 N–H and O–H groups in total. The molecule has 0 saturated carbocycles. The van der Waals surface area contributed by atoms with Crippen LogP contribution in [0.3, 0.4) is 0 Å². The van der Waals surface area contributed by atoms with Crippen LogP contribution in [0, 0.1) is 23.1 Å². The molecule has 1 heterocycles. The first-order valence-corrected chi connectivity index (χ1v) is 8.19. The second kappa shape index (κ2) is 6.42. The smallest absolute Gasteiger partial charge is 0.303 e. The summed E-state index contributed by atoms with van der Waals surface area (Å²) in [6.07, 6.45) is 1.10. The molecule has 0 aromatic heterocycles. The van der Waals surface area contributed by atoms with Gasteiger partial charge in [0.1, 0.15) is 5.82 Å². The van der Waals surface area contributed by atoms with E-state index >= 15 is 0 Å². The van der Waals surface area contributed by atoms with E-state index in [1.807, 2.05) is 0 Å². The van der Waals surface area contributed by atoms with Crippen molar-refractivity contribution < 1.29 is 22.7 Å². The molecule has 0 spiro atoms. The zero-order chi connectivity index (χ0) is 16.3. The first-order chi connectivity index (χ1) is 10.3. The molecular weight excluding hydrogens is 311 g/mol. The number of halogens is 1. The van der Waals surface area contributed by atoms with E-state index < -0.39 is 21.8 Å². The van der Waals surface area contributed by atoms with E-state index in [-0.39, 0.29) is 35.9 Å². The summed E-state index contributed by atoms with van der Waals surface area (Å²) in [5.74, 6) is -2.02. The van der Waals surface area contributed by atoms with Gasteiger partial charge in [0.05, 0.1) is 16.5 Å². The van der Waals surface area contributed by atoms with Gasteiger partial charge >= 0.3 is 5.97 Å². The maximum atomic E-state index is 13.4. The summed E-state index contributed by atoms with van der Waals surface area (Å²) in [4.78, 5) is 10.5. The molecule has 6 nitrogen and oxygen atoms in total. The molecule has 0 radical (unpaired) electrons. The fraction of sp³-hybridized carbons (Fsp3) is 0.429. The van der Waals surface area contributed by atoms with Crippen LogP contribution in [0.4, 0.5) is 4.39 Å². The Kier molecular flexibility index (Phi) is 4.78. The molecule has 1 aliphatic rings. The summed E-state index contributed by atoms with van der Waals surface area (Å²) in [5, 5.41) is 17.6. The van der Waals surface area contributed by atoms with Gasteiger partial charge in [0.25, 0.3) is 0 Å². The Hall–Kier alpha value is -1.98. The second-order valence-corrected chi connectivity index (χ2v) is 7.19. The predicted octanol–water partition coefficient (Wildman–Crippen LogP) is 1.57. The van der Waals surface area contributed by atoms with Crippen molar-refractivity contribution in [2.24, 2.45) is 5.92 Å². The van der Waals surface area contributed by atoms with E-state index in [0.717, 1.165) is 18.2 Å². The number of nitrogens with zero attached hydrogens (tertiary/aromatic N) is 2. The number of hydrogen-bond acceptors (Lipinski definition) is 4. The largest absolute Gasteiger partial charge is 0.481 e. The molecule has 0 bridgehead atoms. The van der Waals surface area contributed by atoms with Crippen LogP contribution in [0.5, 0.6) is 0 Å². The number of piperidine rings is 1. The Morgan fingerprint density at radius 3 is 2.82 bits per heavy atom. The number of carboxylic acid groups (broad SMARTS) is 1. The van der Waals surface area contributed by atoms with Crippen LogP contribution in [0.1, 0.15) is 24.8 Å². The van der Waals surface area contributed by atoms with Crippen LogP contribution < -0.4 is 0 Å². The highest BCUT2D eigenvalue weighted by Crippen LogP contribution is 2.26. The van der Waals surface area contributed by atoms with Crippen molar-refractivity contribution in [3.8, 4) is 6.07 Å². The van der Waals surface area contributed by atoms with E-state index in [0.29, 0.717) is 12.8 Å². The zero-order valence-electron chi connectivity index (χ0n) is 11.7. The summed E-state index contributed by atoms with van der Waals surface area (Å²) in [6, 6.07) is 4.67. The minimum absolute atomic E-state index is 0.0716. The number of sulfonamides is 1. The Labute approximate surface area is 127 Å². The monoisotopic (exact) mass is 326 g/mol. The summed E-state index contributed by atoms with van der Waals surface area (Å²) >= 11 is 0. The molecule has 1 fully saturated rings. The molecule has 1 aromatic carbocycles. The minimum atomic E-state index is -3.94. The van der Waals surface area contributed by atoms with Crippen LogP contribution in [-0.2, 0) is 14.8 Å². The van der Waals surface area contributed by atoms with Gasteiger partial charge in [-0.05, 0) is 37.0 Å². The molecule has 1 saturated heterocycles. The van der Waals surface area contributed by atoms with Gasteiger partial charge in [0.2, 0.25) is 10.0 Å². The highest BCUT2D eigenvalue weighted by Gasteiger charge is 2.31. The van der Waals surface area contributed by atoms with Crippen molar-refractivity contribution in [2.45, 2.75) is 24.2 Å². The van der Waals surface area contributed by atoms with E-state index in [1.165, 1.54) is 4.31 Å². The molecule has 1 atom stereocenters. The number of carbonyl (C=O) groups is 1. The van der Waals surface area contributed by atoms with Crippen molar-refractivity contribution in [3.63, 3.8) is 0 Å². The van der Waals surface area contributed by atoms with Gasteiger partial charge < -0.3 is 5.11 Å². The SMILES string of the molecule is N#Cc1cc(F)cc(S(=O)(=O)N2CCCC(CC(=O)O)C2)c1. The summed E-state index contributed by atoms with van der Waals surface area (Å²) in [6.45, 7) is 0.351. The van der Waals surface area contributed by atoms with E-state index in [1.54, 1.807) is 6.07 Å². The Morgan fingerprint density at radius 1 is 1.45 bits per heavy atom. The lowest BCUT2D eigenvalue weighted by Gasteiger charge is -2.31. The van der Waals surface area contributed by atoms with Crippen molar-refractivity contribution in [3.05, 3.63) is 29.6 Å². The summed E-state index contributed by atoms with van der Waals surface area (Å²) in [7, 11) is -3.94. The molecule has 0 amide bonds. The fourth-order valence-electron chi connectivity index (χ4n) is 2.58. The van der Waals surface area contributed by atoms with Crippen molar-refractivity contribution >= 4 is 16.0 Å². The number of carboxylic acids is 1. The second-order valence-electron chi connectivity index (χ2n) is 5.26. The third kappa shape index (κ3) is 3.61. The molecule has 1 unspecified atom stereocenters. The highest BCUT2D eigenvalue weighted by molar-refractivity contribution is 7.89. The molecule has 8 heteroatoms. The lowest BCUT2D eigenvalue weighted by molar-refractivity contribution is -0.138. The maximum Gasteiger partial charge on any atom is 0.303 e. The maximum absolute atomic E-state index is 13.4. The number of rotatable bonds is 4. The highest BCUT2D eigenvalue weighted by atomic mass is 32.2. The molecular formula is C14H15FN2O4S. The van der Waals surface area contributed by atoms with Gasteiger partial charge in [-0.1, -0.05) is 0 Å². The van der Waals surface area contributed by atoms with Crippen molar-refractivity contribution in [2.75, 3.05) is 13.1 Å². The lowest BCUT2D eigenvalue weighted by atomic mass is 9.96. The van der Waals surface area contributed by atoms with Gasteiger partial charge in [-0.15, -0.1) is 0 Å². The number of nitriles is 1. The Balaban J connectivity index is 2.28. The normalized spacial score (nSPS) is 19.5. The molecule has 1 aromatic rings. The molecule has 118 valence electrons. The minimum Gasteiger partial charge on any atom is -0.481 e. The van der Waals surface area contributed by atoms with Gasteiger partial charge in [-0.2, -0.15) is 9.57 Å². The number of hydrogen-bond donors (Lipinski definition) is 1. The van der Waals surface area contributed by atoms with Gasteiger partial charge in [0.15, 0.2) is 0 Å². The van der Waals surface area contributed by atoms with Gasteiger partial charge in [-0.3, -0.25) is 4.79 Å². The topological polar surface area (TPSA) is 98.5 Å². The standard InChI is InChI=1S/C14H15FN2O4S/c15-12-4-11(8-16)5-13(7-12)22(20,21)17-3-1-2-10(9-17)6-14(18)19/h4-5,7,10H,1-3,6,9H2,(H,18,19). The van der Waals surface area contributed by atoms with Crippen LogP contribution in [0.2, 0.25) is 0 Å². The van der Waals surface area contributed by atoms with E-state index in [4.69, 9.17) is 10.4 Å². The van der Waals surface area contributed by atoms with Gasteiger partial charge in [0, 0.05) is 19.5 Å². The van der Waals surface area contributed by atoms with Crippen LogP contribution >= 0.6 is 0 Å². The van der Waals surface area contributed by atoms with Crippen LogP contribution in [0.25, 0.3) is 0 Å². The first kappa shape index (κ1) is 16.4. The molecule has 0 aliphatic carbocycles. The average Bonchev–Trinajstić information content (AvgIpc) is 2.46. The molecule has 1 aliphatic heterocycles. The summed E-state index contributed by atoms with van der Waals surface area (Å²) < 4.78 is 39.7. The van der Waals surface area contributed by atoms with Crippen molar-refractivity contribution in [1.82, 2.24) is 4.31 Å². The quantitative estimate of drug-likeness (QED) is 0.905. The fourth-order valence-corrected chi connectivity index (χ4v) is 4.20. The predicted molar refractivity (Wildman–Crippen MR) is 74.9 cm³/mol. The first-order valence-electron chi connectivity index (χ1n) is 6.75.